The Kier molecular flexibility index (Phi) is 7.34. The lowest BCUT2D eigenvalue weighted by atomic mass is 9.65. The van der Waals surface area contributed by atoms with Crippen molar-refractivity contribution in [1.29, 1.82) is 0 Å². The van der Waals surface area contributed by atoms with E-state index in [1.807, 2.05) is 0 Å². The van der Waals surface area contributed by atoms with Crippen LogP contribution in [-0.2, 0) is 4.79 Å². The third kappa shape index (κ3) is 4.84. The van der Waals surface area contributed by atoms with Gasteiger partial charge in [-0.1, -0.05) is 65.2 Å². The SMILES string of the molecule is CC[C@@H]1CC(O)N(CC2(O)CCN(C(=O)[C@H](C)CC3CCCCC3)CC23CCCC3)C1. The topological polar surface area (TPSA) is 64.0 Å². The number of carbonyl (C=O) groups is 1. The van der Waals surface area contributed by atoms with Gasteiger partial charge in [-0.2, -0.15) is 0 Å². The predicted molar refractivity (Wildman–Crippen MR) is 123 cm³/mol. The molecule has 1 amide bonds. The van der Waals surface area contributed by atoms with Crippen molar-refractivity contribution < 1.29 is 15.0 Å². The highest BCUT2D eigenvalue weighted by atomic mass is 16.3. The summed E-state index contributed by atoms with van der Waals surface area (Å²) in [5.41, 5.74) is -0.994. The summed E-state index contributed by atoms with van der Waals surface area (Å²) in [7, 11) is 0. The highest BCUT2D eigenvalue weighted by Gasteiger charge is 2.56. The number of aliphatic hydroxyl groups is 2. The van der Waals surface area contributed by atoms with Gasteiger partial charge in [0.25, 0.3) is 0 Å². The molecule has 2 saturated carbocycles. The lowest BCUT2D eigenvalue weighted by Crippen LogP contribution is -2.64. The van der Waals surface area contributed by atoms with Crippen LogP contribution in [0.4, 0.5) is 0 Å². The van der Waals surface area contributed by atoms with Gasteiger partial charge in [-0.15, -0.1) is 0 Å². The van der Waals surface area contributed by atoms with Crippen molar-refractivity contribution in [3.05, 3.63) is 0 Å². The molecule has 2 heterocycles. The van der Waals surface area contributed by atoms with E-state index in [9.17, 15) is 15.0 Å². The highest BCUT2D eigenvalue weighted by Crippen LogP contribution is 2.52. The molecular formula is C26H46N2O3. The monoisotopic (exact) mass is 434 g/mol. The first-order valence-electron chi connectivity index (χ1n) is 13.3. The van der Waals surface area contributed by atoms with E-state index in [-0.39, 0.29) is 11.3 Å². The molecule has 4 rings (SSSR count). The standard InChI is InChI=1S/C26H46N2O3/c1-3-21-16-23(29)28(17-21)19-26(31)13-14-27(18-25(26)11-7-8-12-25)24(30)20(2)15-22-9-5-4-6-10-22/h20-23,29,31H,3-19H2,1-2H3/t20-,21-,23?,26?/m1/s1. The molecule has 2 aliphatic heterocycles. The molecule has 2 unspecified atom stereocenters. The summed E-state index contributed by atoms with van der Waals surface area (Å²) < 4.78 is 0. The Morgan fingerprint density at radius 1 is 1.06 bits per heavy atom. The molecule has 0 aromatic rings. The van der Waals surface area contributed by atoms with Crippen LogP contribution in [0.3, 0.4) is 0 Å². The van der Waals surface area contributed by atoms with Crippen molar-refractivity contribution in [2.24, 2.45) is 23.2 Å². The molecule has 0 aromatic heterocycles. The van der Waals surface area contributed by atoms with Gasteiger partial charge in [0, 0.05) is 37.5 Å². The van der Waals surface area contributed by atoms with Crippen molar-refractivity contribution >= 4 is 5.91 Å². The van der Waals surface area contributed by atoms with Crippen LogP contribution in [0.2, 0.25) is 0 Å². The summed E-state index contributed by atoms with van der Waals surface area (Å²) in [5, 5.41) is 22.6. The Labute approximate surface area is 189 Å². The number of nitrogens with zero attached hydrogens (tertiary/aromatic N) is 2. The van der Waals surface area contributed by atoms with Gasteiger partial charge in [0.05, 0.1) is 5.60 Å². The molecule has 0 radical (unpaired) electrons. The van der Waals surface area contributed by atoms with Gasteiger partial charge in [-0.3, -0.25) is 9.69 Å². The second-order valence-electron chi connectivity index (χ2n) is 11.6. The fraction of sp³-hybridized carbons (Fsp3) is 0.962. The molecule has 0 aromatic carbocycles. The zero-order chi connectivity index (χ0) is 22.1. The number of rotatable bonds is 6. The molecule has 4 fully saturated rings. The average molecular weight is 435 g/mol. The maximum absolute atomic E-state index is 13.4. The van der Waals surface area contributed by atoms with Crippen molar-refractivity contribution in [2.75, 3.05) is 26.2 Å². The molecule has 2 saturated heterocycles. The first-order chi connectivity index (χ1) is 14.9. The summed E-state index contributed by atoms with van der Waals surface area (Å²) in [5.74, 6) is 1.66. The highest BCUT2D eigenvalue weighted by molar-refractivity contribution is 5.78. The van der Waals surface area contributed by atoms with E-state index in [1.165, 1.54) is 32.1 Å². The predicted octanol–water partition coefficient (Wildman–Crippen LogP) is 4.17. The maximum atomic E-state index is 13.4. The molecule has 4 aliphatic rings. The normalized spacial score (nSPS) is 35.7. The van der Waals surface area contributed by atoms with Crippen molar-refractivity contribution in [3.8, 4) is 0 Å². The van der Waals surface area contributed by atoms with Crippen LogP contribution in [-0.4, -0.2) is 63.9 Å². The van der Waals surface area contributed by atoms with E-state index in [1.54, 1.807) is 0 Å². The number of likely N-dealkylation sites (tertiary alicyclic amines) is 2. The molecule has 31 heavy (non-hydrogen) atoms. The molecular weight excluding hydrogens is 388 g/mol. The Bertz CT molecular complexity index is 614. The van der Waals surface area contributed by atoms with E-state index in [0.717, 1.165) is 57.4 Å². The third-order valence-electron chi connectivity index (χ3n) is 9.48. The van der Waals surface area contributed by atoms with Gasteiger partial charge in [-0.05, 0) is 43.9 Å². The number of hydrogen-bond acceptors (Lipinski definition) is 4. The van der Waals surface area contributed by atoms with Gasteiger partial charge in [-0.25, -0.2) is 0 Å². The summed E-state index contributed by atoms with van der Waals surface area (Å²) in [6, 6.07) is 0. The molecule has 0 bridgehead atoms. The summed E-state index contributed by atoms with van der Waals surface area (Å²) in [6.07, 6.45) is 14.0. The number of aliphatic hydroxyl groups excluding tert-OH is 1. The molecule has 5 heteroatoms. The van der Waals surface area contributed by atoms with Crippen LogP contribution in [0.1, 0.15) is 97.3 Å². The van der Waals surface area contributed by atoms with Gasteiger partial charge in [0.1, 0.15) is 6.23 Å². The van der Waals surface area contributed by atoms with Crippen molar-refractivity contribution in [2.45, 2.75) is 109 Å². The van der Waals surface area contributed by atoms with Crippen LogP contribution in [0, 0.1) is 23.2 Å². The second-order valence-corrected chi connectivity index (χ2v) is 11.6. The average Bonchev–Trinajstić information content (AvgIpc) is 3.38. The molecule has 5 nitrogen and oxygen atoms in total. The van der Waals surface area contributed by atoms with Gasteiger partial charge < -0.3 is 15.1 Å². The summed E-state index contributed by atoms with van der Waals surface area (Å²) in [6.45, 7) is 7.13. The molecule has 178 valence electrons. The van der Waals surface area contributed by atoms with Crippen LogP contribution in [0.15, 0.2) is 0 Å². The Hall–Kier alpha value is -0.650. The lowest BCUT2D eigenvalue weighted by Gasteiger charge is -2.54. The minimum atomic E-state index is -0.795. The number of carbonyl (C=O) groups excluding carboxylic acids is 1. The first-order valence-corrected chi connectivity index (χ1v) is 13.3. The largest absolute Gasteiger partial charge is 0.388 e. The van der Waals surface area contributed by atoms with Crippen LogP contribution >= 0.6 is 0 Å². The number of hydrogen-bond donors (Lipinski definition) is 2. The van der Waals surface area contributed by atoms with Crippen LogP contribution < -0.4 is 0 Å². The summed E-state index contributed by atoms with van der Waals surface area (Å²) in [4.78, 5) is 17.6. The Morgan fingerprint density at radius 3 is 2.42 bits per heavy atom. The van der Waals surface area contributed by atoms with Crippen LogP contribution in [0.25, 0.3) is 0 Å². The zero-order valence-corrected chi connectivity index (χ0v) is 20.0. The fourth-order valence-electron chi connectivity index (χ4n) is 7.40. The van der Waals surface area contributed by atoms with Gasteiger partial charge in [0.15, 0.2) is 0 Å². The van der Waals surface area contributed by atoms with E-state index in [2.05, 4.69) is 23.6 Å². The quantitative estimate of drug-likeness (QED) is 0.659. The Morgan fingerprint density at radius 2 is 1.77 bits per heavy atom. The minimum Gasteiger partial charge on any atom is -0.388 e. The molecule has 2 aliphatic carbocycles. The maximum Gasteiger partial charge on any atom is 0.225 e. The third-order valence-corrected chi connectivity index (χ3v) is 9.48. The zero-order valence-electron chi connectivity index (χ0n) is 20.0. The number of amides is 1. The molecule has 1 spiro atoms. The van der Waals surface area contributed by atoms with Crippen LogP contribution in [0.5, 0.6) is 0 Å². The second kappa shape index (κ2) is 9.69. The first kappa shape index (κ1) is 23.5. The van der Waals surface area contributed by atoms with E-state index in [4.69, 9.17) is 0 Å². The minimum absolute atomic E-state index is 0.0958. The fourth-order valence-corrected chi connectivity index (χ4v) is 7.40. The van der Waals surface area contributed by atoms with E-state index >= 15 is 0 Å². The molecule has 2 N–H and O–H groups in total. The smallest absolute Gasteiger partial charge is 0.225 e. The van der Waals surface area contributed by atoms with Gasteiger partial charge in [0.2, 0.25) is 5.91 Å². The van der Waals surface area contributed by atoms with E-state index < -0.39 is 11.8 Å². The lowest BCUT2D eigenvalue weighted by molar-refractivity contribution is -0.170. The number of β-amino-alcohol motifs (C(OH)–C–C–N with tert-alkyl or cyclic N) is 1. The van der Waals surface area contributed by atoms with Crippen molar-refractivity contribution in [1.82, 2.24) is 9.80 Å². The number of piperidine rings is 1. The Balaban J connectivity index is 1.42. The molecule has 4 atom stereocenters. The van der Waals surface area contributed by atoms with Gasteiger partial charge >= 0.3 is 0 Å². The van der Waals surface area contributed by atoms with Crippen molar-refractivity contribution in [3.63, 3.8) is 0 Å². The van der Waals surface area contributed by atoms with E-state index in [0.29, 0.717) is 37.9 Å². The summed E-state index contributed by atoms with van der Waals surface area (Å²) >= 11 is 0.